The van der Waals surface area contributed by atoms with Crippen LogP contribution in [0.15, 0.2) is 0 Å². The van der Waals surface area contributed by atoms with Crippen molar-refractivity contribution in [1.29, 1.82) is 0 Å². The molecule has 0 radical (unpaired) electrons. The second kappa shape index (κ2) is 11.2. The maximum atomic E-state index is 8.93. The zero-order valence-electron chi connectivity index (χ0n) is 8.69. The van der Waals surface area contributed by atoms with E-state index in [1.807, 2.05) is 0 Å². The number of carboxylic acids is 2. The molecule has 0 atom stereocenters. The fraction of sp³-hybridized carbons (Fsp3) is 0.714. The molecule has 0 spiro atoms. The standard InChI is InChI=1S/C5H14N2.C2H2O4.Ar/c1-6(2)5-7(3)4;3-1(4)2(5)6;/h5H2,1-4H3;(H,3,4)(H,5,6);. The Kier molecular flexibility index (Phi) is 15.7. The van der Waals surface area contributed by atoms with Crippen molar-refractivity contribution in [3.05, 3.63) is 0 Å². The smallest absolute Gasteiger partial charge is 0.203 e. The van der Waals surface area contributed by atoms with Crippen LogP contribution in [0.1, 0.15) is 0 Å². The van der Waals surface area contributed by atoms with Gasteiger partial charge >= 0.3 is 0 Å². The van der Waals surface area contributed by atoms with Gasteiger partial charge in [-0.25, -0.2) is 0 Å². The van der Waals surface area contributed by atoms with Gasteiger partial charge in [0.15, 0.2) is 0 Å². The summed E-state index contributed by atoms with van der Waals surface area (Å²) in [5.41, 5.74) is 0. The third kappa shape index (κ3) is 22.7. The molecule has 7 heteroatoms. The van der Waals surface area contributed by atoms with Crippen LogP contribution in [0.5, 0.6) is 0 Å². The van der Waals surface area contributed by atoms with Gasteiger partial charge in [-0.3, -0.25) is 9.80 Å². The molecule has 0 aromatic carbocycles. The quantitative estimate of drug-likeness (QED) is 0.366. The van der Waals surface area contributed by atoms with Gasteiger partial charge < -0.3 is 19.8 Å². The molecule has 0 aliphatic carbocycles. The van der Waals surface area contributed by atoms with Gasteiger partial charge in [0.2, 0.25) is 6.67 Å². The number of quaternary nitrogens is 2. The Morgan fingerprint density at radius 2 is 1.14 bits per heavy atom. The molecular weight excluding hydrogens is 216 g/mol. The van der Waals surface area contributed by atoms with Crippen LogP contribution in [-0.4, -0.2) is 46.8 Å². The van der Waals surface area contributed by atoms with E-state index < -0.39 is 11.9 Å². The van der Waals surface area contributed by atoms with Crippen LogP contribution in [0.3, 0.4) is 0 Å². The Morgan fingerprint density at radius 1 is 0.929 bits per heavy atom. The van der Waals surface area contributed by atoms with Gasteiger partial charge in [-0.05, 0) is 0 Å². The van der Waals surface area contributed by atoms with E-state index in [1.54, 1.807) is 0 Å². The van der Waals surface area contributed by atoms with E-state index in [1.165, 1.54) is 16.5 Å². The van der Waals surface area contributed by atoms with Gasteiger partial charge in [-0.2, -0.15) is 0 Å². The van der Waals surface area contributed by atoms with Crippen molar-refractivity contribution in [2.24, 2.45) is 0 Å². The van der Waals surface area contributed by atoms with Gasteiger partial charge in [0, 0.05) is 37.7 Å². The van der Waals surface area contributed by atoms with E-state index in [-0.39, 0.29) is 37.7 Å². The number of carboxylic acid groups (broad SMARTS) is 2. The maximum absolute atomic E-state index is 8.93. The molecule has 14 heavy (non-hydrogen) atoms. The predicted octanol–water partition coefficient (Wildman–Crippen LogP) is -6.28. The van der Waals surface area contributed by atoms with Crippen LogP contribution in [0, 0.1) is 37.7 Å². The summed E-state index contributed by atoms with van der Waals surface area (Å²) in [4.78, 5) is 20.9. The van der Waals surface area contributed by atoms with Crippen molar-refractivity contribution in [3.8, 4) is 0 Å². The number of hydrogen-bond donors (Lipinski definition) is 2. The fourth-order valence-corrected chi connectivity index (χ4v) is 0.707. The summed E-state index contributed by atoms with van der Waals surface area (Å²) in [6, 6.07) is 0. The Morgan fingerprint density at radius 3 is 1.14 bits per heavy atom. The molecule has 0 aliphatic heterocycles. The molecule has 0 fully saturated rings. The normalized spacial score (nSPS) is 8.71. The van der Waals surface area contributed by atoms with Crippen LogP contribution in [0.2, 0.25) is 0 Å². The van der Waals surface area contributed by atoms with Crippen molar-refractivity contribution in [2.45, 2.75) is 0 Å². The number of carbonyl (C=O) groups is 2. The number of hydrogen-bond acceptors (Lipinski definition) is 4. The fourth-order valence-electron chi connectivity index (χ4n) is 0.707. The van der Waals surface area contributed by atoms with Crippen LogP contribution >= 0.6 is 0 Å². The van der Waals surface area contributed by atoms with E-state index in [2.05, 4.69) is 28.2 Å². The zero-order valence-corrected chi connectivity index (χ0v) is 9.40. The van der Waals surface area contributed by atoms with Crippen LogP contribution in [0.4, 0.5) is 0 Å². The number of nitrogens with one attached hydrogen (secondary N) is 2. The third-order valence-corrected chi connectivity index (χ3v) is 0.874. The molecule has 0 aromatic heterocycles. The van der Waals surface area contributed by atoms with Crippen molar-refractivity contribution in [3.63, 3.8) is 0 Å². The molecule has 86 valence electrons. The largest absolute Gasteiger partial charge is 0.543 e. The van der Waals surface area contributed by atoms with Gasteiger partial charge in [-0.15, -0.1) is 0 Å². The summed E-state index contributed by atoms with van der Waals surface area (Å²) < 4.78 is 0. The average Bonchev–Trinajstić information content (AvgIpc) is 1.84. The third-order valence-electron chi connectivity index (χ3n) is 0.874. The first-order chi connectivity index (χ1) is 5.77. The van der Waals surface area contributed by atoms with Crippen LogP contribution in [-0.2, 0) is 9.59 Å². The predicted molar refractivity (Wildman–Crippen MR) is 40.5 cm³/mol. The van der Waals surface area contributed by atoms with Gasteiger partial charge in [-0.1, -0.05) is 0 Å². The molecule has 0 aliphatic rings. The minimum atomic E-state index is -2.19. The summed E-state index contributed by atoms with van der Waals surface area (Å²) in [7, 11) is 8.64. The maximum Gasteiger partial charge on any atom is 0.203 e. The number of carbonyl (C=O) groups excluding carboxylic acids is 2. The Hall–Kier alpha value is 0.120. The van der Waals surface area contributed by atoms with E-state index in [9.17, 15) is 0 Å². The first-order valence-electron chi connectivity index (χ1n) is 3.77. The van der Waals surface area contributed by atoms with Gasteiger partial charge in [0.05, 0.1) is 40.1 Å². The van der Waals surface area contributed by atoms with Crippen LogP contribution in [0.25, 0.3) is 0 Å². The van der Waals surface area contributed by atoms with E-state index in [0.29, 0.717) is 0 Å². The Balaban J connectivity index is -0.000000163. The molecule has 0 bridgehead atoms. The number of aliphatic carboxylic acids is 2. The number of rotatable bonds is 2. The molecule has 0 rings (SSSR count). The van der Waals surface area contributed by atoms with Gasteiger partial charge in [0.1, 0.15) is 0 Å². The molecule has 0 saturated heterocycles. The Labute approximate surface area is 113 Å². The second-order valence-corrected chi connectivity index (χ2v) is 3.17. The topological polar surface area (TPSA) is 89.1 Å². The SMILES string of the molecule is C[NH+](C)C[NH+](C)C.O=C([O-])C(=O)[O-].[Ar]. The molecule has 0 amide bonds. The molecule has 0 aromatic rings. The van der Waals surface area contributed by atoms with Crippen LogP contribution < -0.4 is 20.0 Å². The van der Waals surface area contributed by atoms with Crippen molar-refractivity contribution in [1.82, 2.24) is 0 Å². The first kappa shape index (κ1) is 19.7. The average molecular weight is 232 g/mol. The molecular formula is C7H16ArN2O4. The first-order valence-corrected chi connectivity index (χ1v) is 3.77. The zero-order chi connectivity index (χ0) is 11.0. The second-order valence-electron chi connectivity index (χ2n) is 3.17. The van der Waals surface area contributed by atoms with Crippen molar-refractivity contribution < 1.29 is 67.3 Å². The van der Waals surface area contributed by atoms with E-state index >= 15 is 0 Å². The summed E-state index contributed by atoms with van der Waals surface area (Å²) in [6.07, 6.45) is 0. The Bertz CT molecular complexity index is 155. The minimum absolute atomic E-state index is 0. The molecule has 0 saturated carbocycles. The molecule has 0 unspecified atom stereocenters. The monoisotopic (exact) mass is 232 g/mol. The minimum Gasteiger partial charge on any atom is -0.543 e. The van der Waals surface area contributed by atoms with Crippen molar-refractivity contribution in [2.75, 3.05) is 34.9 Å². The summed E-state index contributed by atoms with van der Waals surface area (Å²) in [6.45, 7) is 1.19. The summed E-state index contributed by atoms with van der Waals surface area (Å²) in [5, 5.41) is 17.9. The van der Waals surface area contributed by atoms with Crippen molar-refractivity contribution >= 4 is 11.9 Å². The molecule has 2 N–H and O–H groups in total. The molecule has 6 nitrogen and oxygen atoms in total. The van der Waals surface area contributed by atoms with E-state index in [4.69, 9.17) is 19.8 Å². The molecule has 0 heterocycles. The van der Waals surface area contributed by atoms with E-state index in [0.717, 1.165) is 0 Å². The summed E-state index contributed by atoms with van der Waals surface area (Å²) in [5.74, 6) is -4.37. The summed E-state index contributed by atoms with van der Waals surface area (Å²) >= 11 is 0. The van der Waals surface area contributed by atoms with Gasteiger partial charge in [0.25, 0.3) is 0 Å².